The molecule has 0 saturated carbocycles. The lowest BCUT2D eigenvalue weighted by atomic mass is 10.2. The van der Waals surface area contributed by atoms with Crippen molar-refractivity contribution in [3.8, 4) is 11.5 Å². The Labute approximate surface area is 133 Å². The van der Waals surface area contributed by atoms with Crippen molar-refractivity contribution in [2.24, 2.45) is 0 Å². The van der Waals surface area contributed by atoms with E-state index in [0.29, 0.717) is 23.6 Å². The average Bonchev–Trinajstić information content (AvgIpc) is 3.03. The first-order valence-electron chi connectivity index (χ1n) is 7.13. The third-order valence-corrected chi connectivity index (χ3v) is 3.46. The van der Waals surface area contributed by atoms with E-state index < -0.39 is 11.9 Å². The van der Waals surface area contributed by atoms with Crippen molar-refractivity contribution in [1.82, 2.24) is 10.2 Å². The Morgan fingerprint density at radius 3 is 2.61 bits per heavy atom. The largest absolute Gasteiger partial charge is 0.454 e. The van der Waals surface area contributed by atoms with E-state index in [-0.39, 0.29) is 6.79 Å². The Kier molecular flexibility index (Phi) is 4.14. The van der Waals surface area contributed by atoms with Crippen LogP contribution in [0.2, 0.25) is 0 Å². The summed E-state index contributed by atoms with van der Waals surface area (Å²) < 4.78 is 10.4. The molecule has 1 heterocycles. The SMILES string of the molecule is CN(Cc1ccccc1)C(=O)NC(=O)c1ccc2c(c1)OCO2. The molecule has 0 saturated heterocycles. The van der Waals surface area contributed by atoms with Crippen molar-refractivity contribution < 1.29 is 19.1 Å². The summed E-state index contributed by atoms with van der Waals surface area (Å²) in [6, 6.07) is 13.9. The summed E-state index contributed by atoms with van der Waals surface area (Å²) >= 11 is 0. The van der Waals surface area contributed by atoms with Crippen LogP contribution in [0, 0.1) is 0 Å². The first kappa shape index (κ1) is 14.9. The first-order valence-corrected chi connectivity index (χ1v) is 7.13. The van der Waals surface area contributed by atoms with E-state index >= 15 is 0 Å². The molecule has 3 amide bonds. The summed E-state index contributed by atoms with van der Waals surface area (Å²) in [5.41, 5.74) is 1.33. The van der Waals surface area contributed by atoms with E-state index in [0.717, 1.165) is 5.56 Å². The second kappa shape index (κ2) is 6.39. The fourth-order valence-corrected chi connectivity index (χ4v) is 2.23. The number of hydrogen-bond donors (Lipinski definition) is 1. The molecule has 0 fully saturated rings. The predicted octanol–water partition coefficient (Wildman–Crippen LogP) is 2.40. The fourth-order valence-electron chi connectivity index (χ4n) is 2.23. The number of nitrogens with zero attached hydrogens (tertiary/aromatic N) is 1. The van der Waals surface area contributed by atoms with Crippen LogP contribution in [0.4, 0.5) is 4.79 Å². The third kappa shape index (κ3) is 3.42. The van der Waals surface area contributed by atoms with Gasteiger partial charge in [0.2, 0.25) is 6.79 Å². The van der Waals surface area contributed by atoms with Gasteiger partial charge < -0.3 is 14.4 Å². The number of imide groups is 1. The molecule has 6 heteroatoms. The molecule has 0 aromatic heterocycles. The zero-order chi connectivity index (χ0) is 16.2. The van der Waals surface area contributed by atoms with Gasteiger partial charge in [-0.15, -0.1) is 0 Å². The van der Waals surface area contributed by atoms with Crippen LogP contribution in [0.25, 0.3) is 0 Å². The summed E-state index contributed by atoms with van der Waals surface area (Å²) in [6.07, 6.45) is 0. The number of urea groups is 1. The minimum Gasteiger partial charge on any atom is -0.454 e. The zero-order valence-electron chi connectivity index (χ0n) is 12.6. The molecule has 23 heavy (non-hydrogen) atoms. The lowest BCUT2D eigenvalue weighted by molar-refractivity contribution is 0.0953. The van der Waals surface area contributed by atoms with Crippen LogP contribution in [0.15, 0.2) is 48.5 Å². The molecule has 0 aliphatic carbocycles. The maximum Gasteiger partial charge on any atom is 0.324 e. The molecule has 1 aliphatic rings. The van der Waals surface area contributed by atoms with Gasteiger partial charge >= 0.3 is 6.03 Å². The Morgan fingerprint density at radius 1 is 1.09 bits per heavy atom. The fraction of sp³-hybridized carbons (Fsp3) is 0.176. The number of rotatable bonds is 3. The Bertz CT molecular complexity index is 731. The molecule has 0 bridgehead atoms. The van der Waals surface area contributed by atoms with Crippen LogP contribution in [0.5, 0.6) is 11.5 Å². The maximum absolute atomic E-state index is 12.2. The van der Waals surface area contributed by atoms with E-state index in [4.69, 9.17) is 9.47 Å². The normalized spacial score (nSPS) is 11.9. The molecular weight excluding hydrogens is 296 g/mol. The molecule has 2 aromatic carbocycles. The highest BCUT2D eigenvalue weighted by molar-refractivity contribution is 6.04. The van der Waals surface area contributed by atoms with E-state index in [1.165, 1.54) is 4.90 Å². The summed E-state index contributed by atoms with van der Waals surface area (Å²) in [6.45, 7) is 0.556. The number of fused-ring (bicyclic) bond motifs is 1. The molecule has 3 rings (SSSR count). The smallest absolute Gasteiger partial charge is 0.324 e. The minimum absolute atomic E-state index is 0.138. The molecule has 1 N–H and O–H groups in total. The Hall–Kier alpha value is -3.02. The Morgan fingerprint density at radius 2 is 1.83 bits per heavy atom. The van der Waals surface area contributed by atoms with Crippen molar-refractivity contribution >= 4 is 11.9 Å². The number of carbonyl (C=O) groups excluding carboxylic acids is 2. The Balaban J connectivity index is 1.62. The molecular formula is C17H16N2O4. The molecule has 2 aromatic rings. The summed E-state index contributed by atoms with van der Waals surface area (Å²) in [7, 11) is 1.63. The molecule has 1 aliphatic heterocycles. The minimum atomic E-state index is -0.479. The van der Waals surface area contributed by atoms with Gasteiger partial charge in [-0.3, -0.25) is 10.1 Å². The van der Waals surface area contributed by atoms with Gasteiger partial charge in [0.1, 0.15) is 0 Å². The summed E-state index contributed by atoms with van der Waals surface area (Å²) in [4.78, 5) is 25.7. The maximum atomic E-state index is 12.2. The number of ether oxygens (including phenoxy) is 2. The van der Waals surface area contributed by atoms with E-state index in [2.05, 4.69) is 5.32 Å². The summed E-state index contributed by atoms with van der Waals surface area (Å²) in [5, 5.41) is 2.36. The molecule has 0 unspecified atom stereocenters. The van der Waals surface area contributed by atoms with Crippen molar-refractivity contribution in [3.63, 3.8) is 0 Å². The standard InChI is InChI=1S/C17H16N2O4/c1-19(10-12-5-3-2-4-6-12)17(21)18-16(20)13-7-8-14-15(9-13)23-11-22-14/h2-9H,10-11H2,1H3,(H,18,20,21). The molecule has 118 valence electrons. The number of amides is 3. The van der Waals surface area contributed by atoms with Gasteiger partial charge in [-0.1, -0.05) is 30.3 Å². The van der Waals surface area contributed by atoms with E-state index in [9.17, 15) is 9.59 Å². The van der Waals surface area contributed by atoms with Gasteiger partial charge in [-0.25, -0.2) is 4.79 Å². The highest BCUT2D eigenvalue weighted by atomic mass is 16.7. The highest BCUT2D eigenvalue weighted by Gasteiger charge is 2.18. The lowest BCUT2D eigenvalue weighted by Gasteiger charge is -2.17. The van der Waals surface area contributed by atoms with Crippen molar-refractivity contribution in [2.75, 3.05) is 13.8 Å². The van der Waals surface area contributed by atoms with Crippen LogP contribution in [-0.2, 0) is 6.54 Å². The van der Waals surface area contributed by atoms with Gasteiger partial charge in [0, 0.05) is 19.2 Å². The van der Waals surface area contributed by atoms with E-state index in [1.54, 1.807) is 25.2 Å². The lowest BCUT2D eigenvalue weighted by Crippen LogP contribution is -2.40. The third-order valence-electron chi connectivity index (χ3n) is 3.46. The van der Waals surface area contributed by atoms with Crippen LogP contribution in [-0.4, -0.2) is 30.7 Å². The van der Waals surface area contributed by atoms with Gasteiger partial charge in [0.25, 0.3) is 5.91 Å². The van der Waals surface area contributed by atoms with Crippen LogP contribution in [0.3, 0.4) is 0 Å². The summed E-state index contributed by atoms with van der Waals surface area (Å²) in [5.74, 6) is 0.616. The van der Waals surface area contributed by atoms with Crippen LogP contribution in [0.1, 0.15) is 15.9 Å². The molecule has 0 radical (unpaired) electrons. The van der Waals surface area contributed by atoms with Crippen LogP contribution < -0.4 is 14.8 Å². The van der Waals surface area contributed by atoms with Crippen LogP contribution >= 0.6 is 0 Å². The monoisotopic (exact) mass is 312 g/mol. The molecule has 0 spiro atoms. The molecule has 6 nitrogen and oxygen atoms in total. The van der Waals surface area contributed by atoms with Gasteiger partial charge in [-0.05, 0) is 23.8 Å². The van der Waals surface area contributed by atoms with Crippen molar-refractivity contribution in [1.29, 1.82) is 0 Å². The first-order chi connectivity index (χ1) is 11.1. The number of benzene rings is 2. The van der Waals surface area contributed by atoms with Crippen molar-refractivity contribution in [2.45, 2.75) is 6.54 Å². The number of nitrogens with one attached hydrogen (secondary N) is 1. The van der Waals surface area contributed by atoms with Gasteiger partial charge in [0.15, 0.2) is 11.5 Å². The second-order valence-electron chi connectivity index (χ2n) is 5.17. The van der Waals surface area contributed by atoms with Crippen molar-refractivity contribution in [3.05, 3.63) is 59.7 Å². The van der Waals surface area contributed by atoms with Gasteiger partial charge in [0.05, 0.1) is 0 Å². The number of carbonyl (C=O) groups is 2. The predicted molar refractivity (Wildman–Crippen MR) is 83.3 cm³/mol. The van der Waals surface area contributed by atoms with E-state index in [1.807, 2.05) is 30.3 Å². The average molecular weight is 312 g/mol. The molecule has 0 atom stereocenters. The highest BCUT2D eigenvalue weighted by Crippen LogP contribution is 2.32. The second-order valence-corrected chi connectivity index (χ2v) is 5.17. The quantitative estimate of drug-likeness (QED) is 0.945. The number of hydrogen-bond acceptors (Lipinski definition) is 4. The topological polar surface area (TPSA) is 67.9 Å². The van der Waals surface area contributed by atoms with Gasteiger partial charge in [-0.2, -0.15) is 0 Å². The zero-order valence-corrected chi connectivity index (χ0v) is 12.6.